The lowest BCUT2D eigenvalue weighted by molar-refractivity contribution is 0.0710. The SMILES string of the molecule is CSc1ncc(C(=O)N(Cc2ccco2)Cc2cccs2)n1-c1ccccc1. The van der Waals surface area contributed by atoms with Gasteiger partial charge in [0, 0.05) is 10.6 Å². The molecule has 7 heteroatoms. The van der Waals surface area contributed by atoms with Crippen molar-refractivity contribution in [3.8, 4) is 5.69 Å². The second-order valence-corrected chi connectivity index (χ2v) is 7.93. The molecule has 0 fully saturated rings. The average Bonchev–Trinajstić information content (AvgIpc) is 3.49. The zero-order chi connectivity index (χ0) is 19.3. The van der Waals surface area contributed by atoms with Gasteiger partial charge in [-0.05, 0) is 42.0 Å². The summed E-state index contributed by atoms with van der Waals surface area (Å²) in [5.41, 5.74) is 1.46. The molecule has 28 heavy (non-hydrogen) atoms. The third-order valence-corrected chi connectivity index (χ3v) is 5.80. The zero-order valence-corrected chi connectivity index (χ0v) is 17.0. The molecule has 4 rings (SSSR count). The third kappa shape index (κ3) is 3.90. The van der Waals surface area contributed by atoms with Crippen molar-refractivity contribution in [1.29, 1.82) is 0 Å². The Morgan fingerprint density at radius 3 is 2.68 bits per heavy atom. The fourth-order valence-electron chi connectivity index (χ4n) is 3.00. The largest absolute Gasteiger partial charge is 0.467 e. The van der Waals surface area contributed by atoms with Crippen molar-refractivity contribution >= 4 is 29.0 Å². The molecular weight excluding hydrogens is 390 g/mol. The molecule has 3 heterocycles. The number of para-hydroxylation sites is 1. The van der Waals surface area contributed by atoms with Gasteiger partial charge >= 0.3 is 0 Å². The molecule has 0 spiro atoms. The molecule has 0 unspecified atom stereocenters. The molecule has 0 aliphatic carbocycles. The number of amides is 1. The van der Waals surface area contributed by atoms with E-state index in [4.69, 9.17) is 4.42 Å². The molecule has 0 saturated carbocycles. The molecule has 1 amide bonds. The Balaban J connectivity index is 1.71. The highest BCUT2D eigenvalue weighted by Gasteiger charge is 2.24. The average molecular weight is 410 g/mol. The number of thiophene rings is 1. The Bertz CT molecular complexity index is 989. The normalized spacial score (nSPS) is 10.9. The summed E-state index contributed by atoms with van der Waals surface area (Å²) in [7, 11) is 0. The summed E-state index contributed by atoms with van der Waals surface area (Å²) in [6, 6.07) is 17.6. The number of rotatable bonds is 7. The van der Waals surface area contributed by atoms with Crippen molar-refractivity contribution in [3.63, 3.8) is 0 Å². The van der Waals surface area contributed by atoms with Crippen LogP contribution in [0.2, 0.25) is 0 Å². The Kier molecular flexibility index (Phi) is 5.64. The number of nitrogens with zero attached hydrogens (tertiary/aromatic N) is 3. The Morgan fingerprint density at radius 1 is 1.14 bits per heavy atom. The molecule has 1 aromatic carbocycles. The summed E-state index contributed by atoms with van der Waals surface area (Å²) in [5, 5.41) is 2.80. The van der Waals surface area contributed by atoms with Crippen molar-refractivity contribution < 1.29 is 9.21 Å². The van der Waals surface area contributed by atoms with Crippen LogP contribution in [-0.4, -0.2) is 26.6 Å². The van der Waals surface area contributed by atoms with E-state index in [1.165, 1.54) is 11.8 Å². The van der Waals surface area contributed by atoms with E-state index in [1.807, 2.05) is 70.8 Å². The van der Waals surface area contributed by atoms with E-state index in [1.54, 1.807) is 28.7 Å². The summed E-state index contributed by atoms with van der Waals surface area (Å²) in [5.74, 6) is 0.669. The van der Waals surface area contributed by atoms with Crippen molar-refractivity contribution in [1.82, 2.24) is 14.5 Å². The van der Waals surface area contributed by atoms with Gasteiger partial charge in [0.05, 0.1) is 25.5 Å². The Hall–Kier alpha value is -2.77. The van der Waals surface area contributed by atoms with Crippen molar-refractivity contribution in [3.05, 3.63) is 88.8 Å². The number of aromatic nitrogens is 2. The number of furan rings is 1. The van der Waals surface area contributed by atoms with Gasteiger partial charge in [0.2, 0.25) is 0 Å². The van der Waals surface area contributed by atoms with E-state index in [0.29, 0.717) is 18.8 Å². The highest BCUT2D eigenvalue weighted by molar-refractivity contribution is 7.98. The van der Waals surface area contributed by atoms with Crippen LogP contribution in [0.5, 0.6) is 0 Å². The summed E-state index contributed by atoms with van der Waals surface area (Å²) in [6.45, 7) is 0.921. The highest BCUT2D eigenvalue weighted by Crippen LogP contribution is 2.24. The molecule has 3 aromatic heterocycles. The van der Waals surface area contributed by atoms with E-state index in [9.17, 15) is 4.79 Å². The molecule has 0 aliphatic heterocycles. The van der Waals surface area contributed by atoms with Crippen LogP contribution in [0.1, 0.15) is 21.1 Å². The predicted octanol–water partition coefficient (Wildman–Crippen LogP) is 5.09. The lowest BCUT2D eigenvalue weighted by Crippen LogP contribution is -2.31. The topological polar surface area (TPSA) is 51.3 Å². The standard InChI is InChI=1S/C21H19N3O2S2/c1-27-21-22-13-19(24(21)16-7-3-2-4-8-16)20(25)23(14-17-9-5-11-26-17)15-18-10-6-12-28-18/h2-13H,14-15H2,1H3. The summed E-state index contributed by atoms with van der Waals surface area (Å²) >= 11 is 3.15. The Morgan fingerprint density at radius 2 is 2.00 bits per heavy atom. The maximum atomic E-state index is 13.5. The van der Waals surface area contributed by atoms with Crippen LogP contribution in [0.3, 0.4) is 0 Å². The maximum absolute atomic E-state index is 13.5. The first-order valence-corrected chi connectivity index (χ1v) is 10.9. The second kappa shape index (κ2) is 8.50. The summed E-state index contributed by atoms with van der Waals surface area (Å²) in [6.07, 6.45) is 5.25. The molecule has 0 saturated heterocycles. The van der Waals surface area contributed by atoms with Gasteiger partial charge in [-0.3, -0.25) is 9.36 Å². The van der Waals surface area contributed by atoms with Gasteiger partial charge < -0.3 is 9.32 Å². The second-order valence-electron chi connectivity index (χ2n) is 6.12. The molecule has 0 aliphatic rings. The molecule has 4 aromatic rings. The molecule has 0 N–H and O–H groups in total. The highest BCUT2D eigenvalue weighted by atomic mass is 32.2. The predicted molar refractivity (Wildman–Crippen MR) is 112 cm³/mol. The van der Waals surface area contributed by atoms with Crippen LogP contribution in [-0.2, 0) is 13.1 Å². The quantitative estimate of drug-likeness (QED) is 0.399. The number of imidazole rings is 1. The number of thioether (sulfide) groups is 1. The van der Waals surface area contributed by atoms with Crippen LogP contribution in [0, 0.1) is 0 Å². The minimum atomic E-state index is -0.0820. The van der Waals surface area contributed by atoms with Crippen LogP contribution in [0.4, 0.5) is 0 Å². The number of benzene rings is 1. The first-order valence-electron chi connectivity index (χ1n) is 8.77. The van der Waals surface area contributed by atoms with Crippen molar-refractivity contribution in [2.45, 2.75) is 18.2 Å². The van der Waals surface area contributed by atoms with Crippen LogP contribution < -0.4 is 0 Å². The maximum Gasteiger partial charge on any atom is 0.273 e. The molecule has 0 atom stereocenters. The van der Waals surface area contributed by atoms with Crippen LogP contribution >= 0.6 is 23.1 Å². The zero-order valence-electron chi connectivity index (χ0n) is 15.3. The fourth-order valence-corrected chi connectivity index (χ4v) is 4.26. The number of carbonyl (C=O) groups is 1. The van der Waals surface area contributed by atoms with E-state index in [0.717, 1.165) is 21.5 Å². The van der Waals surface area contributed by atoms with Gasteiger partial charge in [-0.1, -0.05) is 36.0 Å². The van der Waals surface area contributed by atoms with Crippen molar-refractivity contribution in [2.24, 2.45) is 0 Å². The lowest BCUT2D eigenvalue weighted by atomic mass is 10.2. The number of hydrogen-bond donors (Lipinski definition) is 0. The summed E-state index contributed by atoms with van der Waals surface area (Å²) in [4.78, 5) is 20.9. The van der Waals surface area contributed by atoms with Gasteiger partial charge in [0.15, 0.2) is 5.16 Å². The van der Waals surface area contributed by atoms with Crippen LogP contribution in [0.25, 0.3) is 5.69 Å². The number of hydrogen-bond acceptors (Lipinski definition) is 5. The summed E-state index contributed by atoms with van der Waals surface area (Å²) < 4.78 is 7.41. The van der Waals surface area contributed by atoms with Crippen molar-refractivity contribution in [2.75, 3.05) is 6.26 Å². The smallest absolute Gasteiger partial charge is 0.273 e. The van der Waals surface area contributed by atoms with Gasteiger partial charge in [0.1, 0.15) is 11.5 Å². The molecule has 5 nitrogen and oxygen atoms in total. The van der Waals surface area contributed by atoms with Gasteiger partial charge in [-0.15, -0.1) is 11.3 Å². The molecule has 0 bridgehead atoms. The minimum Gasteiger partial charge on any atom is -0.467 e. The van der Waals surface area contributed by atoms with E-state index in [-0.39, 0.29) is 5.91 Å². The van der Waals surface area contributed by atoms with Gasteiger partial charge in [0.25, 0.3) is 5.91 Å². The minimum absolute atomic E-state index is 0.0820. The molecule has 142 valence electrons. The van der Waals surface area contributed by atoms with Gasteiger partial charge in [-0.2, -0.15) is 0 Å². The van der Waals surface area contributed by atoms with E-state index >= 15 is 0 Å². The lowest BCUT2D eigenvalue weighted by Gasteiger charge is -2.22. The third-order valence-electron chi connectivity index (χ3n) is 4.29. The van der Waals surface area contributed by atoms with E-state index in [2.05, 4.69) is 4.98 Å². The first-order chi connectivity index (χ1) is 13.8. The number of carbonyl (C=O) groups excluding carboxylic acids is 1. The van der Waals surface area contributed by atoms with Gasteiger partial charge in [-0.25, -0.2) is 4.98 Å². The first kappa shape index (κ1) is 18.6. The molecular formula is C21H19N3O2S2. The molecule has 0 radical (unpaired) electrons. The monoisotopic (exact) mass is 409 g/mol. The van der Waals surface area contributed by atoms with E-state index < -0.39 is 0 Å². The fraction of sp³-hybridized carbons (Fsp3) is 0.143. The Labute approximate surface area is 171 Å². The van der Waals surface area contributed by atoms with Crippen LogP contribution in [0.15, 0.2) is 82.0 Å².